The molecular formula is C16H24N2O. The Balaban J connectivity index is 1.87. The summed E-state index contributed by atoms with van der Waals surface area (Å²) in [4.78, 5) is 12.1. The normalized spacial score (nSPS) is 16.4. The number of carbonyl (C=O) groups excluding carboxylic acids is 1. The number of hydrogen-bond acceptors (Lipinski definition) is 2. The summed E-state index contributed by atoms with van der Waals surface area (Å²) in [5.74, 6) is 0.724. The molecule has 0 saturated heterocycles. The Kier molecular flexibility index (Phi) is 4.25. The lowest BCUT2D eigenvalue weighted by atomic mass is 9.94. The van der Waals surface area contributed by atoms with Crippen molar-refractivity contribution in [3.05, 3.63) is 35.4 Å². The van der Waals surface area contributed by atoms with Crippen LogP contribution in [0, 0.1) is 11.3 Å². The minimum atomic E-state index is 0.0265. The molecule has 1 aliphatic carbocycles. The Bertz CT molecular complexity index is 433. The van der Waals surface area contributed by atoms with Crippen LogP contribution < -0.4 is 11.1 Å². The molecule has 0 unspecified atom stereocenters. The molecule has 0 atom stereocenters. The zero-order valence-corrected chi connectivity index (χ0v) is 11.9. The first-order valence-corrected chi connectivity index (χ1v) is 7.12. The highest BCUT2D eigenvalue weighted by atomic mass is 16.1. The molecule has 1 fully saturated rings. The third kappa shape index (κ3) is 3.80. The van der Waals surface area contributed by atoms with E-state index in [1.807, 2.05) is 24.3 Å². The fourth-order valence-corrected chi connectivity index (χ4v) is 2.66. The molecule has 1 amide bonds. The maximum Gasteiger partial charge on any atom is 0.251 e. The molecule has 3 heteroatoms. The van der Waals surface area contributed by atoms with Gasteiger partial charge in [-0.25, -0.2) is 0 Å². The predicted octanol–water partition coefficient (Wildman–Crippen LogP) is 2.70. The highest BCUT2D eigenvalue weighted by Gasteiger charge is 2.42. The summed E-state index contributed by atoms with van der Waals surface area (Å²) in [5, 5.41) is 3.07. The number of carbonyl (C=O) groups is 1. The quantitative estimate of drug-likeness (QED) is 0.826. The van der Waals surface area contributed by atoms with Crippen molar-refractivity contribution in [2.24, 2.45) is 17.1 Å². The SMILES string of the molecule is CC(C)CC1(CNC(=O)c2ccc(CN)cc2)CC1. The van der Waals surface area contributed by atoms with E-state index in [1.54, 1.807) is 0 Å². The smallest absolute Gasteiger partial charge is 0.251 e. The van der Waals surface area contributed by atoms with E-state index in [0.717, 1.165) is 17.7 Å². The Morgan fingerprint density at radius 2 is 1.95 bits per heavy atom. The third-order valence-electron chi connectivity index (χ3n) is 3.87. The summed E-state index contributed by atoms with van der Waals surface area (Å²) < 4.78 is 0. The van der Waals surface area contributed by atoms with E-state index in [-0.39, 0.29) is 5.91 Å². The van der Waals surface area contributed by atoms with E-state index in [9.17, 15) is 4.79 Å². The third-order valence-corrected chi connectivity index (χ3v) is 3.87. The molecule has 0 spiro atoms. The molecule has 0 radical (unpaired) electrons. The molecule has 2 rings (SSSR count). The van der Waals surface area contributed by atoms with Crippen molar-refractivity contribution in [1.82, 2.24) is 5.32 Å². The number of rotatable bonds is 6. The van der Waals surface area contributed by atoms with Gasteiger partial charge >= 0.3 is 0 Å². The van der Waals surface area contributed by atoms with Crippen LogP contribution in [-0.4, -0.2) is 12.5 Å². The summed E-state index contributed by atoms with van der Waals surface area (Å²) >= 11 is 0. The van der Waals surface area contributed by atoms with Gasteiger partial charge < -0.3 is 11.1 Å². The topological polar surface area (TPSA) is 55.1 Å². The largest absolute Gasteiger partial charge is 0.351 e. The van der Waals surface area contributed by atoms with Gasteiger partial charge in [-0.1, -0.05) is 26.0 Å². The second-order valence-electron chi connectivity index (χ2n) is 6.18. The molecule has 3 nitrogen and oxygen atoms in total. The first-order valence-electron chi connectivity index (χ1n) is 7.12. The summed E-state index contributed by atoms with van der Waals surface area (Å²) in [6.07, 6.45) is 3.70. The van der Waals surface area contributed by atoms with Gasteiger partial charge in [0, 0.05) is 18.7 Å². The standard InChI is InChI=1S/C16H24N2O/c1-12(2)9-16(7-8-16)11-18-15(19)14-5-3-13(10-17)4-6-14/h3-6,12H,7-11,17H2,1-2H3,(H,18,19). The molecule has 1 saturated carbocycles. The van der Waals surface area contributed by atoms with Gasteiger partial charge in [-0.2, -0.15) is 0 Å². The van der Waals surface area contributed by atoms with Crippen LogP contribution in [0.1, 0.15) is 49.0 Å². The van der Waals surface area contributed by atoms with Gasteiger partial charge in [-0.15, -0.1) is 0 Å². The fourth-order valence-electron chi connectivity index (χ4n) is 2.66. The molecule has 0 heterocycles. The molecular weight excluding hydrogens is 236 g/mol. The van der Waals surface area contributed by atoms with E-state index in [4.69, 9.17) is 5.73 Å². The molecule has 19 heavy (non-hydrogen) atoms. The van der Waals surface area contributed by atoms with Gasteiger partial charge in [-0.05, 0) is 48.3 Å². The van der Waals surface area contributed by atoms with Crippen molar-refractivity contribution >= 4 is 5.91 Å². The molecule has 1 aromatic carbocycles. The van der Waals surface area contributed by atoms with Crippen molar-refractivity contribution in [2.45, 2.75) is 39.7 Å². The van der Waals surface area contributed by atoms with Crippen molar-refractivity contribution in [3.8, 4) is 0 Å². The lowest BCUT2D eigenvalue weighted by Gasteiger charge is -2.18. The van der Waals surface area contributed by atoms with Crippen LogP contribution in [-0.2, 0) is 6.54 Å². The van der Waals surface area contributed by atoms with Crippen LogP contribution >= 0.6 is 0 Å². The average Bonchev–Trinajstić information content (AvgIpc) is 3.15. The van der Waals surface area contributed by atoms with Crippen LogP contribution in [0.2, 0.25) is 0 Å². The second-order valence-corrected chi connectivity index (χ2v) is 6.18. The van der Waals surface area contributed by atoms with Crippen LogP contribution in [0.4, 0.5) is 0 Å². The van der Waals surface area contributed by atoms with Gasteiger partial charge in [0.05, 0.1) is 0 Å². The minimum absolute atomic E-state index is 0.0265. The van der Waals surface area contributed by atoms with Gasteiger partial charge in [-0.3, -0.25) is 4.79 Å². The van der Waals surface area contributed by atoms with E-state index in [2.05, 4.69) is 19.2 Å². The number of amides is 1. The highest BCUT2D eigenvalue weighted by Crippen LogP contribution is 2.50. The van der Waals surface area contributed by atoms with E-state index in [1.165, 1.54) is 19.3 Å². The molecule has 1 aromatic rings. The predicted molar refractivity (Wildman–Crippen MR) is 77.8 cm³/mol. The summed E-state index contributed by atoms with van der Waals surface area (Å²) in [6, 6.07) is 7.52. The molecule has 0 aliphatic heterocycles. The summed E-state index contributed by atoms with van der Waals surface area (Å²) in [7, 11) is 0. The maximum absolute atomic E-state index is 12.1. The number of nitrogens with one attached hydrogen (secondary N) is 1. The lowest BCUT2D eigenvalue weighted by Crippen LogP contribution is -2.30. The first-order chi connectivity index (χ1) is 9.04. The van der Waals surface area contributed by atoms with Crippen molar-refractivity contribution in [3.63, 3.8) is 0 Å². The monoisotopic (exact) mass is 260 g/mol. The fraction of sp³-hybridized carbons (Fsp3) is 0.562. The van der Waals surface area contributed by atoms with E-state index < -0.39 is 0 Å². The molecule has 104 valence electrons. The number of nitrogens with two attached hydrogens (primary N) is 1. The Morgan fingerprint density at radius 3 is 2.42 bits per heavy atom. The van der Waals surface area contributed by atoms with Crippen LogP contribution in [0.15, 0.2) is 24.3 Å². The van der Waals surface area contributed by atoms with Gasteiger partial charge in [0.1, 0.15) is 0 Å². The molecule has 1 aliphatic rings. The number of hydrogen-bond donors (Lipinski definition) is 2. The lowest BCUT2D eigenvalue weighted by molar-refractivity contribution is 0.0942. The summed E-state index contributed by atoms with van der Waals surface area (Å²) in [5.41, 5.74) is 7.69. The highest BCUT2D eigenvalue weighted by molar-refractivity contribution is 5.94. The number of benzene rings is 1. The average molecular weight is 260 g/mol. The van der Waals surface area contributed by atoms with Crippen molar-refractivity contribution in [1.29, 1.82) is 0 Å². The van der Waals surface area contributed by atoms with Crippen molar-refractivity contribution in [2.75, 3.05) is 6.54 Å². The Labute approximate surface area is 115 Å². The Morgan fingerprint density at radius 1 is 1.32 bits per heavy atom. The molecule has 0 aromatic heterocycles. The zero-order valence-electron chi connectivity index (χ0n) is 11.9. The second kappa shape index (κ2) is 5.74. The zero-order chi connectivity index (χ0) is 13.9. The first kappa shape index (κ1) is 14.1. The van der Waals surface area contributed by atoms with Crippen LogP contribution in [0.5, 0.6) is 0 Å². The summed E-state index contributed by atoms with van der Waals surface area (Å²) in [6.45, 7) is 5.81. The van der Waals surface area contributed by atoms with Crippen LogP contribution in [0.25, 0.3) is 0 Å². The minimum Gasteiger partial charge on any atom is -0.351 e. The molecule has 0 bridgehead atoms. The Hall–Kier alpha value is -1.35. The van der Waals surface area contributed by atoms with Gasteiger partial charge in [0.2, 0.25) is 0 Å². The van der Waals surface area contributed by atoms with Gasteiger partial charge in [0.15, 0.2) is 0 Å². The van der Waals surface area contributed by atoms with Gasteiger partial charge in [0.25, 0.3) is 5.91 Å². The molecule has 3 N–H and O–H groups in total. The maximum atomic E-state index is 12.1. The van der Waals surface area contributed by atoms with Crippen LogP contribution in [0.3, 0.4) is 0 Å². The van der Waals surface area contributed by atoms with Crippen molar-refractivity contribution < 1.29 is 4.79 Å². The van der Waals surface area contributed by atoms with E-state index in [0.29, 0.717) is 17.9 Å². The van der Waals surface area contributed by atoms with E-state index >= 15 is 0 Å².